The monoisotopic (exact) mass is 477 g/mol. The number of benzene rings is 1. The number of amides is 1. The highest BCUT2D eigenvalue weighted by Gasteiger charge is 2.59. The average Bonchev–Trinajstić information content (AvgIpc) is 2.75. The number of rotatable bonds is 5. The Kier molecular flexibility index (Phi) is 5.64. The zero-order valence-corrected chi connectivity index (χ0v) is 20.1. The van der Waals surface area contributed by atoms with Gasteiger partial charge in [0.15, 0.2) is 0 Å². The number of piperazine rings is 1. The lowest BCUT2D eigenvalue weighted by Gasteiger charge is -2.58. The Morgan fingerprint density at radius 3 is 2.33 bits per heavy atom. The molecule has 6 rings (SSSR count). The quantitative estimate of drug-likeness (QED) is 0.675. The molecule has 8 heteroatoms. The Balaban J connectivity index is 1.22. The Labute approximate surface area is 199 Å². The van der Waals surface area contributed by atoms with Gasteiger partial charge in [-0.25, -0.2) is 4.39 Å². The van der Waals surface area contributed by atoms with Crippen molar-refractivity contribution in [2.45, 2.75) is 57.5 Å². The van der Waals surface area contributed by atoms with Crippen LogP contribution < -0.4 is 10.2 Å². The molecule has 1 aliphatic heterocycles. The van der Waals surface area contributed by atoms with Crippen molar-refractivity contribution in [2.24, 2.45) is 23.2 Å². The van der Waals surface area contributed by atoms with Crippen molar-refractivity contribution in [3.05, 3.63) is 29.0 Å². The Bertz CT molecular complexity index is 946. The summed E-state index contributed by atoms with van der Waals surface area (Å²) in [5.41, 5.74) is -0.716. The van der Waals surface area contributed by atoms with Gasteiger partial charge in [-0.15, -0.1) is 0 Å². The van der Waals surface area contributed by atoms with E-state index in [0.717, 1.165) is 19.3 Å². The van der Waals surface area contributed by atoms with E-state index in [9.17, 15) is 19.1 Å². The number of carbonyl (C=O) groups excluding carboxylic acids is 1. The van der Waals surface area contributed by atoms with Crippen molar-refractivity contribution in [3.63, 3.8) is 0 Å². The number of halogens is 2. The molecule has 180 valence electrons. The molecule has 4 bridgehead atoms. The second-order valence-electron chi connectivity index (χ2n) is 11.2. The molecule has 0 radical (unpaired) electrons. The summed E-state index contributed by atoms with van der Waals surface area (Å²) < 4.78 is 14.3. The summed E-state index contributed by atoms with van der Waals surface area (Å²) in [6.07, 6.45) is 4.24. The highest BCUT2D eigenvalue weighted by molar-refractivity contribution is 6.30. The van der Waals surface area contributed by atoms with Crippen molar-refractivity contribution in [2.75, 3.05) is 31.1 Å². The number of hydrogen-bond donors (Lipinski definition) is 2. The van der Waals surface area contributed by atoms with E-state index >= 15 is 0 Å². The van der Waals surface area contributed by atoms with Crippen LogP contribution in [-0.4, -0.2) is 59.6 Å². The largest absolute Gasteiger partial charge is 0.481 e. The van der Waals surface area contributed by atoms with Gasteiger partial charge >= 0.3 is 5.97 Å². The third kappa shape index (κ3) is 3.91. The van der Waals surface area contributed by atoms with Crippen molar-refractivity contribution in [1.82, 2.24) is 10.2 Å². The Morgan fingerprint density at radius 1 is 1.12 bits per heavy atom. The number of nitrogens with one attached hydrogen (secondary N) is 1. The fraction of sp³-hybridized carbons (Fsp3) is 0.680. The van der Waals surface area contributed by atoms with E-state index in [-0.39, 0.29) is 29.6 Å². The first-order chi connectivity index (χ1) is 15.6. The number of carboxylic acids is 1. The van der Waals surface area contributed by atoms with E-state index in [1.54, 1.807) is 12.1 Å². The topological polar surface area (TPSA) is 72.9 Å². The SMILES string of the molecule is CC(C)(C(=O)NC1C2CC3CC1CC(C(=O)O)(C3)C2)N1CCN(c2ccc(Cl)cc2F)CC1. The van der Waals surface area contributed by atoms with Crippen LogP contribution in [0.4, 0.5) is 10.1 Å². The normalized spacial score (nSPS) is 33.9. The standard InChI is InChI=1S/C25H33ClFN3O3/c1-24(2,30-7-5-29(6-8-30)20-4-3-18(26)11-19(20)27)22(31)28-21-16-9-15-10-17(21)14-25(12-15,13-16)23(32)33/h3-4,11,15-17,21H,5-10,12-14H2,1-2H3,(H,28,31)(H,32,33). The molecule has 2 unspecified atom stereocenters. The average molecular weight is 478 g/mol. The predicted octanol–water partition coefficient (Wildman–Crippen LogP) is 3.78. The molecule has 4 saturated carbocycles. The van der Waals surface area contributed by atoms with E-state index in [1.807, 2.05) is 18.7 Å². The molecule has 2 atom stereocenters. The number of nitrogens with zero attached hydrogens (tertiary/aromatic N) is 2. The zero-order valence-electron chi connectivity index (χ0n) is 19.3. The molecule has 0 spiro atoms. The molecular formula is C25H33ClFN3O3. The lowest BCUT2D eigenvalue weighted by atomic mass is 9.48. The van der Waals surface area contributed by atoms with Gasteiger partial charge in [0.1, 0.15) is 5.82 Å². The van der Waals surface area contributed by atoms with Crippen LogP contribution in [0.5, 0.6) is 0 Å². The van der Waals surface area contributed by atoms with Crippen LogP contribution in [0.15, 0.2) is 18.2 Å². The van der Waals surface area contributed by atoms with E-state index in [0.29, 0.717) is 55.6 Å². The van der Waals surface area contributed by atoms with Gasteiger partial charge in [-0.1, -0.05) is 11.6 Å². The predicted molar refractivity (Wildman–Crippen MR) is 125 cm³/mol. The summed E-state index contributed by atoms with van der Waals surface area (Å²) in [6, 6.07) is 4.82. The Hall–Kier alpha value is -1.86. The first-order valence-corrected chi connectivity index (χ1v) is 12.5. The Morgan fingerprint density at radius 2 is 1.76 bits per heavy atom. The number of aliphatic carboxylic acids is 1. The lowest BCUT2D eigenvalue weighted by Crippen LogP contribution is -2.66. The third-order valence-corrected chi connectivity index (χ3v) is 9.14. The van der Waals surface area contributed by atoms with Crippen molar-refractivity contribution in [1.29, 1.82) is 0 Å². The van der Waals surface area contributed by atoms with E-state index in [4.69, 9.17) is 11.6 Å². The first kappa shape index (κ1) is 22.9. The summed E-state index contributed by atoms with van der Waals surface area (Å²) in [5.74, 6) is 0.0428. The van der Waals surface area contributed by atoms with E-state index < -0.39 is 16.9 Å². The van der Waals surface area contributed by atoms with Crippen LogP contribution in [0.1, 0.15) is 46.0 Å². The van der Waals surface area contributed by atoms with Crippen LogP contribution in [0.25, 0.3) is 0 Å². The van der Waals surface area contributed by atoms with Gasteiger partial charge in [-0.2, -0.15) is 0 Å². The number of anilines is 1. The second-order valence-corrected chi connectivity index (χ2v) is 11.6. The number of carboxylic acid groups (broad SMARTS) is 1. The maximum Gasteiger partial charge on any atom is 0.309 e. The zero-order chi connectivity index (χ0) is 23.5. The fourth-order valence-electron chi connectivity index (χ4n) is 7.24. The highest BCUT2D eigenvalue weighted by Crippen LogP contribution is 2.60. The van der Waals surface area contributed by atoms with Crippen LogP contribution in [0, 0.1) is 29.0 Å². The smallest absolute Gasteiger partial charge is 0.309 e. The molecule has 1 amide bonds. The number of hydrogen-bond acceptors (Lipinski definition) is 4. The van der Waals surface area contributed by atoms with Crippen molar-refractivity contribution >= 4 is 29.2 Å². The molecule has 4 aliphatic carbocycles. The van der Waals surface area contributed by atoms with Crippen molar-refractivity contribution < 1.29 is 19.1 Å². The van der Waals surface area contributed by atoms with Gasteiger partial charge in [0.25, 0.3) is 0 Å². The van der Waals surface area contributed by atoms with Gasteiger partial charge < -0.3 is 15.3 Å². The van der Waals surface area contributed by atoms with Crippen LogP contribution in [0.3, 0.4) is 0 Å². The first-order valence-electron chi connectivity index (χ1n) is 12.1. The molecule has 1 aromatic carbocycles. The molecule has 1 heterocycles. The van der Waals surface area contributed by atoms with E-state index in [1.165, 1.54) is 6.07 Å². The van der Waals surface area contributed by atoms with Crippen LogP contribution in [-0.2, 0) is 9.59 Å². The molecule has 5 aliphatic rings. The van der Waals surface area contributed by atoms with Gasteiger partial charge in [-0.3, -0.25) is 14.5 Å². The molecule has 0 aromatic heterocycles. The summed E-state index contributed by atoms with van der Waals surface area (Å²) in [5, 5.41) is 13.6. The molecule has 1 aromatic rings. The summed E-state index contributed by atoms with van der Waals surface area (Å²) >= 11 is 5.88. The fourth-order valence-corrected chi connectivity index (χ4v) is 7.40. The van der Waals surface area contributed by atoms with Gasteiger partial charge in [0.2, 0.25) is 5.91 Å². The molecule has 1 saturated heterocycles. The van der Waals surface area contributed by atoms with E-state index in [2.05, 4.69) is 10.2 Å². The molecule has 2 N–H and O–H groups in total. The molecule has 33 heavy (non-hydrogen) atoms. The minimum Gasteiger partial charge on any atom is -0.481 e. The second kappa shape index (κ2) is 8.12. The minimum absolute atomic E-state index is 0.00970. The summed E-state index contributed by atoms with van der Waals surface area (Å²) in [4.78, 5) is 29.6. The summed E-state index contributed by atoms with van der Waals surface area (Å²) in [7, 11) is 0. The van der Waals surface area contributed by atoms with Gasteiger partial charge in [0, 0.05) is 37.2 Å². The van der Waals surface area contributed by atoms with Gasteiger partial charge in [-0.05, 0) is 81.9 Å². The van der Waals surface area contributed by atoms with Crippen LogP contribution in [0.2, 0.25) is 5.02 Å². The maximum absolute atomic E-state index is 14.3. The lowest BCUT2D eigenvalue weighted by molar-refractivity contribution is -0.168. The summed E-state index contributed by atoms with van der Waals surface area (Å²) in [6.45, 7) is 6.49. The number of carbonyl (C=O) groups is 2. The molecule has 6 nitrogen and oxygen atoms in total. The minimum atomic E-state index is -0.691. The highest BCUT2D eigenvalue weighted by atomic mass is 35.5. The maximum atomic E-state index is 14.3. The molecule has 5 fully saturated rings. The van der Waals surface area contributed by atoms with Crippen molar-refractivity contribution in [3.8, 4) is 0 Å². The molecular weight excluding hydrogens is 445 g/mol. The third-order valence-electron chi connectivity index (χ3n) is 8.90. The van der Waals surface area contributed by atoms with Gasteiger partial charge in [0.05, 0.1) is 16.6 Å². The van der Waals surface area contributed by atoms with Crippen LogP contribution >= 0.6 is 11.6 Å².